The van der Waals surface area contributed by atoms with Crippen molar-refractivity contribution in [3.8, 4) is 17.1 Å². The number of nitrogens with one attached hydrogen (secondary N) is 2. The Morgan fingerprint density at radius 1 is 0.840 bits per heavy atom. The van der Waals surface area contributed by atoms with Crippen molar-refractivity contribution in [3.05, 3.63) is 131 Å². The number of aryl methyl sites for hydroxylation is 2. The third-order valence-corrected chi connectivity index (χ3v) is 9.49. The minimum absolute atomic E-state index is 0.122. The molecule has 0 fully saturated rings. The zero-order valence-electron chi connectivity index (χ0n) is 27.7. The third-order valence-electron chi connectivity index (χ3n) is 8.56. The Balaban J connectivity index is 0.981. The summed E-state index contributed by atoms with van der Waals surface area (Å²) in [7, 11) is 0. The second-order valence-electron chi connectivity index (χ2n) is 11.9. The summed E-state index contributed by atoms with van der Waals surface area (Å²) in [4.78, 5) is 32.6. The van der Waals surface area contributed by atoms with Crippen molar-refractivity contribution in [1.82, 2.24) is 29.9 Å². The Labute approximate surface area is 294 Å². The highest BCUT2D eigenvalue weighted by atomic mass is 32.2. The minimum atomic E-state index is -0.213. The zero-order valence-corrected chi connectivity index (χ0v) is 28.5. The Bertz CT molecular complexity index is 2120. The molecule has 1 aliphatic heterocycles. The van der Waals surface area contributed by atoms with Gasteiger partial charge in [-0.25, -0.2) is 0 Å². The van der Waals surface area contributed by atoms with Crippen LogP contribution in [-0.2, 0) is 24.2 Å². The van der Waals surface area contributed by atoms with Crippen molar-refractivity contribution in [2.75, 3.05) is 27.8 Å². The summed E-state index contributed by atoms with van der Waals surface area (Å²) in [6.45, 7) is 5.51. The monoisotopic (exact) mass is 681 g/mol. The summed E-state index contributed by atoms with van der Waals surface area (Å²) in [5, 5.41) is 24.0. The van der Waals surface area contributed by atoms with E-state index in [1.54, 1.807) is 36.7 Å². The smallest absolute Gasteiger partial charge is 0.255 e. The zero-order chi connectivity index (χ0) is 34.5. The molecular formula is C38H35N9O2S. The van der Waals surface area contributed by atoms with E-state index < -0.39 is 0 Å². The summed E-state index contributed by atoms with van der Waals surface area (Å²) in [5.41, 5.74) is 8.06. The number of thioether (sulfide) groups is 1. The Morgan fingerprint density at radius 2 is 1.64 bits per heavy atom. The van der Waals surface area contributed by atoms with Crippen LogP contribution >= 0.6 is 11.8 Å². The van der Waals surface area contributed by atoms with Gasteiger partial charge in [0.2, 0.25) is 5.91 Å². The Hall–Kier alpha value is -5.88. The first-order chi connectivity index (χ1) is 24.4. The van der Waals surface area contributed by atoms with Crippen LogP contribution in [0.2, 0.25) is 0 Å². The van der Waals surface area contributed by atoms with E-state index in [0.29, 0.717) is 28.8 Å². The van der Waals surface area contributed by atoms with Crippen molar-refractivity contribution < 1.29 is 9.59 Å². The number of carbonyl (C=O) groups excluding carboxylic acids is 2. The van der Waals surface area contributed by atoms with Crippen LogP contribution in [0.3, 0.4) is 0 Å². The normalized spacial score (nSPS) is 12.3. The molecule has 11 nitrogen and oxygen atoms in total. The SMILES string of the molecule is CCc1ccc(-n2c(SCC(=O)Nc3ccc(C(=O)Nc4cccc5c4CCN(c4ccc(C)nn4)C5)cc3)nnc2-c2ccncc2)cc1. The van der Waals surface area contributed by atoms with Crippen molar-refractivity contribution in [3.63, 3.8) is 0 Å². The highest BCUT2D eigenvalue weighted by molar-refractivity contribution is 7.99. The average Bonchev–Trinajstić information content (AvgIpc) is 3.59. The molecule has 0 aliphatic carbocycles. The Kier molecular flexibility index (Phi) is 9.61. The van der Waals surface area contributed by atoms with E-state index in [9.17, 15) is 9.59 Å². The lowest BCUT2D eigenvalue weighted by molar-refractivity contribution is -0.113. The average molecular weight is 682 g/mol. The lowest BCUT2D eigenvalue weighted by Gasteiger charge is -2.30. The van der Waals surface area contributed by atoms with E-state index >= 15 is 0 Å². The highest BCUT2D eigenvalue weighted by Crippen LogP contribution is 2.30. The van der Waals surface area contributed by atoms with Gasteiger partial charge in [-0.2, -0.15) is 5.10 Å². The number of hydrogen-bond acceptors (Lipinski definition) is 9. The lowest BCUT2D eigenvalue weighted by Crippen LogP contribution is -2.32. The number of fused-ring (bicyclic) bond motifs is 1. The van der Waals surface area contributed by atoms with Crippen LogP contribution in [0.15, 0.2) is 109 Å². The van der Waals surface area contributed by atoms with Crippen LogP contribution in [0, 0.1) is 6.92 Å². The van der Waals surface area contributed by atoms with Crippen LogP contribution in [0.25, 0.3) is 17.1 Å². The summed E-state index contributed by atoms with van der Waals surface area (Å²) < 4.78 is 1.96. The topological polar surface area (TPSA) is 131 Å². The van der Waals surface area contributed by atoms with Gasteiger partial charge >= 0.3 is 0 Å². The van der Waals surface area contributed by atoms with Gasteiger partial charge in [0.05, 0.1) is 11.4 Å². The molecule has 7 rings (SSSR count). The van der Waals surface area contributed by atoms with Gasteiger partial charge in [-0.15, -0.1) is 15.3 Å². The van der Waals surface area contributed by atoms with Crippen LogP contribution in [0.1, 0.15) is 39.7 Å². The lowest BCUT2D eigenvalue weighted by atomic mass is 9.97. The number of hydrogen-bond donors (Lipinski definition) is 2. The molecule has 250 valence electrons. The summed E-state index contributed by atoms with van der Waals surface area (Å²) in [5.74, 6) is 1.22. The molecule has 2 amide bonds. The number of benzene rings is 3. The number of amides is 2. The van der Waals surface area contributed by atoms with Crippen molar-refractivity contribution >= 4 is 40.8 Å². The molecule has 3 aromatic carbocycles. The second kappa shape index (κ2) is 14.7. The third kappa shape index (κ3) is 7.25. The minimum Gasteiger partial charge on any atom is -0.350 e. The number of rotatable bonds is 10. The molecule has 0 atom stereocenters. The molecule has 1 aliphatic rings. The molecule has 50 heavy (non-hydrogen) atoms. The predicted octanol–water partition coefficient (Wildman–Crippen LogP) is 6.54. The van der Waals surface area contributed by atoms with Crippen LogP contribution in [0.4, 0.5) is 17.2 Å². The number of anilines is 3. The van der Waals surface area contributed by atoms with E-state index in [1.165, 1.54) is 17.3 Å². The molecular weight excluding hydrogens is 647 g/mol. The first-order valence-corrected chi connectivity index (χ1v) is 17.4. The predicted molar refractivity (Wildman–Crippen MR) is 196 cm³/mol. The van der Waals surface area contributed by atoms with E-state index in [1.807, 2.05) is 60.0 Å². The number of aromatic nitrogens is 6. The standard InChI is InChI=1S/C38H35N9O2S/c1-3-26-8-14-31(15-9-26)47-36(27-17-20-39-21-18-27)44-45-38(47)50-24-35(48)40-30-12-10-28(11-13-30)37(49)41-33-6-4-5-29-23-46(22-19-32(29)33)34-16-7-25(2)42-43-34/h4-18,20-21H,3,19,22-24H2,1-2H3,(H,40,48)(H,41,49). The molecule has 0 saturated heterocycles. The summed E-state index contributed by atoms with van der Waals surface area (Å²) >= 11 is 1.30. The maximum atomic E-state index is 13.3. The summed E-state index contributed by atoms with van der Waals surface area (Å²) in [6, 6.07) is 28.8. The number of nitrogens with zero attached hydrogens (tertiary/aromatic N) is 7. The molecule has 0 radical (unpaired) electrons. The van der Waals surface area contributed by atoms with Gasteiger partial charge in [0, 0.05) is 53.7 Å². The summed E-state index contributed by atoms with van der Waals surface area (Å²) in [6.07, 6.45) is 5.15. The van der Waals surface area contributed by atoms with E-state index in [2.05, 4.69) is 66.0 Å². The molecule has 0 saturated carbocycles. The van der Waals surface area contributed by atoms with Gasteiger partial charge in [-0.3, -0.25) is 19.1 Å². The number of carbonyl (C=O) groups is 2. The van der Waals surface area contributed by atoms with Gasteiger partial charge in [0.15, 0.2) is 16.8 Å². The number of pyridine rings is 1. The van der Waals surface area contributed by atoms with E-state index in [4.69, 9.17) is 0 Å². The van der Waals surface area contributed by atoms with Crippen LogP contribution in [-0.4, -0.2) is 54.1 Å². The van der Waals surface area contributed by atoms with Crippen molar-refractivity contribution in [2.45, 2.75) is 38.4 Å². The van der Waals surface area contributed by atoms with E-state index in [0.717, 1.165) is 59.0 Å². The molecule has 4 heterocycles. The van der Waals surface area contributed by atoms with Gasteiger partial charge < -0.3 is 15.5 Å². The van der Waals surface area contributed by atoms with Crippen LogP contribution < -0.4 is 15.5 Å². The van der Waals surface area contributed by atoms with Gasteiger partial charge in [0.25, 0.3) is 5.91 Å². The fraction of sp³-hybridized carbons (Fsp3) is 0.184. The molecule has 12 heteroatoms. The molecule has 0 bridgehead atoms. The maximum Gasteiger partial charge on any atom is 0.255 e. The quantitative estimate of drug-likeness (QED) is 0.155. The van der Waals surface area contributed by atoms with Crippen molar-refractivity contribution in [2.24, 2.45) is 0 Å². The molecule has 2 N–H and O–H groups in total. The highest BCUT2D eigenvalue weighted by Gasteiger charge is 2.22. The van der Waals surface area contributed by atoms with Gasteiger partial charge in [0.1, 0.15) is 0 Å². The molecule has 3 aromatic heterocycles. The second-order valence-corrected chi connectivity index (χ2v) is 12.9. The fourth-order valence-electron chi connectivity index (χ4n) is 5.87. The molecule has 6 aromatic rings. The van der Waals surface area contributed by atoms with Gasteiger partial charge in [-0.1, -0.05) is 43.0 Å². The maximum absolute atomic E-state index is 13.3. The first kappa shape index (κ1) is 32.7. The van der Waals surface area contributed by atoms with Crippen LogP contribution in [0.5, 0.6) is 0 Å². The van der Waals surface area contributed by atoms with E-state index in [-0.39, 0.29) is 17.6 Å². The van der Waals surface area contributed by atoms with Crippen molar-refractivity contribution in [1.29, 1.82) is 0 Å². The molecule has 0 unspecified atom stereocenters. The fourth-order valence-corrected chi connectivity index (χ4v) is 6.63. The first-order valence-electron chi connectivity index (χ1n) is 16.4. The van der Waals surface area contributed by atoms with Gasteiger partial charge in [-0.05, 0) is 103 Å². The largest absolute Gasteiger partial charge is 0.350 e. The Morgan fingerprint density at radius 3 is 2.38 bits per heavy atom. The molecule has 0 spiro atoms.